The molecule has 0 aromatic heterocycles. The van der Waals surface area contributed by atoms with E-state index in [9.17, 15) is 19.3 Å². The zero-order chi connectivity index (χ0) is 15.1. The molecule has 0 radical (unpaired) electrons. The smallest absolute Gasteiger partial charge is 0.295 e. The average Bonchev–Trinajstić information content (AvgIpc) is 2.37. The number of hydrogen-bond acceptors (Lipinski definition) is 4. The van der Waals surface area contributed by atoms with Crippen LogP contribution in [0.15, 0.2) is 18.2 Å². The zero-order valence-electron chi connectivity index (χ0n) is 11.5. The van der Waals surface area contributed by atoms with Gasteiger partial charge in [0.25, 0.3) is 5.69 Å². The van der Waals surface area contributed by atoms with Crippen molar-refractivity contribution in [1.29, 1.82) is 0 Å². The van der Waals surface area contributed by atoms with Gasteiger partial charge < -0.3 is 10.6 Å². The van der Waals surface area contributed by atoms with Crippen molar-refractivity contribution in [1.82, 2.24) is 5.32 Å². The monoisotopic (exact) mass is 283 g/mol. The second kappa shape index (κ2) is 7.42. The van der Waals surface area contributed by atoms with Crippen LogP contribution in [0.3, 0.4) is 0 Å². The first-order valence-corrected chi connectivity index (χ1v) is 6.34. The van der Waals surface area contributed by atoms with Gasteiger partial charge in [0.1, 0.15) is 11.5 Å². The van der Waals surface area contributed by atoms with Crippen LogP contribution < -0.4 is 10.6 Å². The summed E-state index contributed by atoms with van der Waals surface area (Å²) < 4.78 is 12.9. The Morgan fingerprint density at radius 3 is 2.75 bits per heavy atom. The number of nitro groups is 1. The van der Waals surface area contributed by atoms with Gasteiger partial charge in [-0.25, -0.2) is 4.39 Å². The lowest BCUT2D eigenvalue weighted by Crippen LogP contribution is -2.28. The van der Waals surface area contributed by atoms with Crippen molar-refractivity contribution in [3.8, 4) is 0 Å². The maximum Gasteiger partial charge on any atom is 0.295 e. The summed E-state index contributed by atoms with van der Waals surface area (Å²) in [6.07, 6.45) is 0.196. The van der Waals surface area contributed by atoms with E-state index in [-0.39, 0.29) is 30.2 Å². The Labute approximate surface area is 116 Å². The molecular formula is C13H18FN3O3. The lowest BCUT2D eigenvalue weighted by atomic mass is 10.2. The molecule has 0 unspecified atom stereocenters. The van der Waals surface area contributed by atoms with Crippen molar-refractivity contribution >= 4 is 17.3 Å². The number of carbonyl (C=O) groups is 1. The molecule has 7 heteroatoms. The number of rotatable bonds is 7. The fourth-order valence-electron chi connectivity index (χ4n) is 1.52. The highest BCUT2D eigenvalue weighted by Gasteiger charge is 2.14. The first-order chi connectivity index (χ1) is 9.40. The summed E-state index contributed by atoms with van der Waals surface area (Å²) in [5, 5.41) is 16.3. The Kier molecular flexibility index (Phi) is 5.89. The van der Waals surface area contributed by atoms with Crippen LogP contribution in [0.1, 0.15) is 20.3 Å². The fraction of sp³-hybridized carbons (Fsp3) is 0.462. The van der Waals surface area contributed by atoms with Gasteiger partial charge >= 0.3 is 0 Å². The summed E-state index contributed by atoms with van der Waals surface area (Å²) in [5.41, 5.74) is -0.138. The summed E-state index contributed by atoms with van der Waals surface area (Å²) in [6, 6.07) is 3.27. The van der Waals surface area contributed by atoms with Gasteiger partial charge in [-0.1, -0.05) is 13.8 Å². The van der Waals surface area contributed by atoms with Crippen LogP contribution in [0.4, 0.5) is 15.8 Å². The van der Waals surface area contributed by atoms with Crippen molar-refractivity contribution in [2.24, 2.45) is 5.92 Å². The van der Waals surface area contributed by atoms with Gasteiger partial charge in [-0.15, -0.1) is 0 Å². The van der Waals surface area contributed by atoms with Crippen molar-refractivity contribution in [3.05, 3.63) is 34.1 Å². The van der Waals surface area contributed by atoms with Crippen molar-refractivity contribution in [3.63, 3.8) is 0 Å². The topological polar surface area (TPSA) is 84.3 Å². The molecule has 1 rings (SSSR count). The third kappa shape index (κ3) is 5.21. The van der Waals surface area contributed by atoms with Crippen LogP contribution >= 0.6 is 0 Å². The molecule has 2 N–H and O–H groups in total. The van der Waals surface area contributed by atoms with Crippen LogP contribution in [0, 0.1) is 21.8 Å². The predicted octanol–water partition coefficient (Wildman–Crippen LogP) is 2.31. The number of hydrogen-bond donors (Lipinski definition) is 2. The Hall–Kier alpha value is -2.18. The lowest BCUT2D eigenvalue weighted by Gasteiger charge is -2.09. The van der Waals surface area contributed by atoms with E-state index in [0.29, 0.717) is 12.5 Å². The molecule has 0 saturated carbocycles. The molecule has 0 aliphatic carbocycles. The van der Waals surface area contributed by atoms with Gasteiger partial charge in [-0.3, -0.25) is 14.9 Å². The SMILES string of the molecule is CC(C)CNC(=O)CCNc1ccc(F)cc1[N+](=O)[O-]. The van der Waals surface area contributed by atoms with E-state index in [1.807, 2.05) is 13.8 Å². The highest BCUT2D eigenvalue weighted by Crippen LogP contribution is 2.24. The molecule has 1 aromatic rings. The first kappa shape index (κ1) is 15.9. The molecule has 0 atom stereocenters. The van der Waals surface area contributed by atoms with Gasteiger partial charge in [-0.2, -0.15) is 0 Å². The molecule has 110 valence electrons. The van der Waals surface area contributed by atoms with Gasteiger partial charge in [0.05, 0.1) is 11.0 Å². The van der Waals surface area contributed by atoms with Gasteiger partial charge in [-0.05, 0) is 18.1 Å². The van der Waals surface area contributed by atoms with Gasteiger partial charge in [0.2, 0.25) is 5.91 Å². The van der Waals surface area contributed by atoms with E-state index < -0.39 is 10.7 Å². The van der Waals surface area contributed by atoms with Crippen molar-refractivity contribution < 1.29 is 14.1 Å². The van der Waals surface area contributed by atoms with Crippen LogP contribution in [0.25, 0.3) is 0 Å². The summed E-state index contributed by atoms with van der Waals surface area (Å²) in [6.45, 7) is 4.81. The molecule has 1 aromatic carbocycles. The normalized spacial score (nSPS) is 10.4. The molecule has 0 saturated heterocycles. The second-order valence-corrected chi connectivity index (χ2v) is 4.79. The summed E-state index contributed by atoms with van der Waals surface area (Å²) >= 11 is 0. The number of nitro benzene ring substituents is 1. The molecule has 0 aliphatic rings. The minimum Gasteiger partial charge on any atom is -0.379 e. The highest BCUT2D eigenvalue weighted by atomic mass is 19.1. The third-order valence-corrected chi connectivity index (χ3v) is 2.53. The van der Waals surface area contributed by atoms with Gasteiger partial charge in [0.15, 0.2) is 0 Å². The largest absolute Gasteiger partial charge is 0.379 e. The standard InChI is InChI=1S/C13H18FN3O3/c1-9(2)8-16-13(18)5-6-15-11-4-3-10(14)7-12(11)17(19)20/h3-4,7,9,15H,5-6,8H2,1-2H3,(H,16,18). The van der Waals surface area contributed by atoms with Crippen LogP contribution in [-0.4, -0.2) is 23.9 Å². The molecule has 0 heterocycles. The summed E-state index contributed by atoms with van der Waals surface area (Å²) in [4.78, 5) is 21.6. The Morgan fingerprint density at radius 1 is 1.45 bits per heavy atom. The number of carbonyl (C=O) groups excluding carboxylic acids is 1. The number of halogens is 1. The van der Waals surface area contributed by atoms with E-state index in [4.69, 9.17) is 0 Å². The van der Waals surface area contributed by atoms with E-state index >= 15 is 0 Å². The van der Waals surface area contributed by atoms with Crippen LogP contribution in [0.5, 0.6) is 0 Å². The molecule has 1 amide bonds. The number of nitrogens with zero attached hydrogens (tertiary/aromatic N) is 1. The van der Waals surface area contributed by atoms with Crippen molar-refractivity contribution in [2.75, 3.05) is 18.4 Å². The Balaban J connectivity index is 2.50. The minimum atomic E-state index is -0.670. The predicted molar refractivity (Wildman–Crippen MR) is 74.0 cm³/mol. The maximum atomic E-state index is 12.9. The molecular weight excluding hydrogens is 265 g/mol. The van der Waals surface area contributed by atoms with Crippen LogP contribution in [-0.2, 0) is 4.79 Å². The van der Waals surface area contributed by atoms with Crippen LogP contribution in [0.2, 0.25) is 0 Å². The quantitative estimate of drug-likeness (QED) is 0.594. The Bertz CT molecular complexity index is 492. The lowest BCUT2D eigenvalue weighted by molar-refractivity contribution is -0.384. The second-order valence-electron chi connectivity index (χ2n) is 4.79. The van der Waals surface area contributed by atoms with E-state index in [1.54, 1.807) is 0 Å². The van der Waals surface area contributed by atoms with Crippen molar-refractivity contribution in [2.45, 2.75) is 20.3 Å². The first-order valence-electron chi connectivity index (χ1n) is 6.34. The molecule has 0 bridgehead atoms. The third-order valence-electron chi connectivity index (χ3n) is 2.53. The maximum absolute atomic E-state index is 12.9. The van der Waals surface area contributed by atoms with E-state index in [2.05, 4.69) is 10.6 Å². The highest BCUT2D eigenvalue weighted by molar-refractivity contribution is 5.76. The molecule has 20 heavy (non-hydrogen) atoms. The number of benzene rings is 1. The average molecular weight is 283 g/mol. The zero-order valence-corrected chi connectivity index (χ0v) is 11.5. The van der Waals surface area contributed by atoms with Gasteiger partial charge in [0, 0.05) is 19.5 Å². The molecule has 0 fully saturated rings. The number of anilines is 1. The molecule has 0 aliphatic heterocycles. The molecule has 6 nitrogen and oxygen atoms in total. The van der Waals surface area contributed by atoms with E-state index in [0.717, 1.165) is 12.1 Å². The Morgan fingerprint density at radius 2 is 2.15 bits per heavy atom. The molecule has 0 spiro atoms. The number of nitrogens with one attached hydrogen (secondary N) is 2. The number of amides is 1. The van der Waals surface area contributed by atoms with E-state index in [1.165, 1.54) is 6.07 Å². The summed E-state index contributed by atoms with van der Waals surface area (Å²) in [7, 11) is 0. The minimum absolute atomic E-state index is 0.129. The fourth-order valence-corrected chi connectivity index (χ4v) is 1.52. The summed E-state index contributed by atoms with van der Waals surface area (Å²) in [5.74, 6) is -0.432.